The minimum atomic E-state index is -0.103. The maximum absolute atomic E-state index is 12.4. The normalized spacial score (nSPS) is 17.3. The number of hydrogen-bond donors (Lipinski definition) is 0. The molecule has 1 atom stereocenters. The van der Waals surface area contributed by atoms with Gasteiger partial charge in [-0.05, 0) is 37.3 Å². The molecule has 0 unspecified atom stereocenters. The van der Waals surface area contributed by atoms with Crippen molar-refractivity contribution in [1.29, 1.82) is 0 Å². The van der Waals surface area contributed by atoms with Crippen LogP contribution in [0, 0.1) is 6.92 Å². The Morgan fingerprint density at radius 3 is 2.76 bits per heavy atom. The first kappa shape index (κ1) is 15.8. The lowest BCUT2D eigenvalue weighted by atomic mass is 10.1. The van der Waals surface area contributed by atoms with Gasteiger partial charge in [0.25, 0.3) is 0 Å². The number of aromatic nitrogens is 2. The molecule has 1 fully saturated rings. The van der Waals surface area contributed by atoms with Gasteiger partial charge in [-0.15, -0.1) is 0 Å². The summed E-state index contributed by atoms with van der Waals surface area (Å²) < 4.78 is 5.43. The molecule has 2 heterocycles. The predicted octanol–water partition coefficient (Wildman–Crippen LogP) is 4.22. The number of amides is 1. The lowest BCUT2D eigenvalue weighted by Crippen LogP contribution is -2.24. The Morgan fingerprint density at radius 1 is 1.20 bits per heavy atom. The van der Waals surface area contributed by atoms with Gasteiger partial charge in [-0.3, -0.25) is 4.79 Å². The van der Waals surface area contributed by atoms with Crippen LogP contribution in [0.25, 0.3) is 11.4 Å². The van der Waals surface area contributed by atoms with E-state index in [0.717, 1.165) is 16.8 Å². The zero-order valence-corrected chi connectivity index (χ0v) is 14.4. The van der Waals surface area contributed by atoms with Gasteiger partial charge in [0.2, 0.25) is 17.6 Å². The highest BCUT2D eigenvalue weighted by Crippen LogP contribution is 2.32. The number of halogens is 1. The fourth-order valence-electron chi connectivity index (χ4n) is 3.05. The Kier molecular flexibility index (Phi) is 4.01. The lowest BCUT2D eigenvalue weighted by molar-refractivity contribution is -0.117. The van der Waals surface area contributed by atoms with Crippen molar-refractivity contribution in [3.63, 3.8) is 0 Å². The fraction of sp³-hybridized carbons (Fsp3) is 0.211. The van der Waals surface area contributed by atoms with E-state index in [-0.39, 0.29) is 11.8 Å². The lowest BCUT2D eigenvalue weighted by Gasteiger charge is -2.15. The number of rotatable bonds is 3. The highest BCUT2D eigenvalue weighted by atomic mass is 35.5. The van der Waals surface area contributed by atoms with Crippen LogP contribution >= 0.6 is 11.6 Å². The molecule has 4 rings (SSSR count). The van der Waals surface area contributed by atoms with Crippen LogP contribution in [0.4, 0.5) is 5.69 Å². The van der Waals surface area contributed by atoms with Crippen molar-refractivity contribution in [1.82, 2.24) is 10.1 Å². The molecule has 5 nitrogen and oxygen atoms in total. The summed E-state index contributed by atoms with van der Waals surface area (Å²) in [6.45, 7) is 2.54. The van der Waals surface area contributed by atoms with Gasteiger partial charge in [-0.2, -0.15) is 4.98 Å². The third-order valence-corrected chi connectivity index (χ3v) is 4.58. The van der Waals surface area contributed by atoms with Crippen molar-refractivity contribution in [2.75, 3.05) is 11.4 Å². The van der Waals surface area contributed by atoms with Crippen molar-refractivity contribution in [3.05, 3.63) is 65.0 Å². The van der Waals surface area contributed by atoms with E-state index in [2.05, 4.69) is 10.1 Å². The van der Waals surface area contributed by atoms with Crippen molar-refractivity contribution in [3.8, 4) is 11.4 Å². The van der Waals surface area contributed by atoms with Gasteiger partial charge < -0.3 is 9.42 Å². The van der Waals surface area contributed by atoms with Gasteiger partial charge in [0, 0.05) is 29.2 Å². The minimum Gasteiger partial charge on any atom is -0.339 e. The summed E-state index contributed by atoms with van der Waals surface area (Å²) in [6.07, 6.45) is 0.359. The largest absolute Gasteiger partial charge is 0.339 e. The van der Waals surface area contributed by atoms with E-state index in [1.807, 2.05) is 43.3 Å². The number of carbonyl (C=O) groups excluding carboxylic acids is 1. The molecule has 6 heteroatoms. The van der Waals surface area contributed by atoms with Crippen molar-refractivity contribution < 1.29 is 9.32 Å². The first-order valence-corrected chi connectivity index (χ1v) is 8.44. The minimum absolute atomic E-state index is 0.0441. The van der Waals surface area contributed by atoms with Gasteiger partial charge in [-0.1, -0.05) is 40.5 Å². The zero-order chi connectivity index (χ0) is 17.4. The van der Waals surface area contributed by atoms with Crippen LogP contribution in [-0.4, -0.2) is 22.6 Å². The van der Waals surface area contributed by atoms with E-state index in [0.29, 0.717) is 29.7 Å². The second-order valence-electron chi connectivity index (χ2n) is 6.21. The molecule has 0 aliphatic carbocycles. The average Bonchev–Trinajstić information content (AvgIpc) is 3.23. The zero-order valence-electron chi connectivity index (χ0n) is 13.6. The second kappa shape index (κ2) is 6.33. The summed E-state index contributed by atoms with van der Waals surface area (Å²) in [6, 6.07) is 15.2. The number of aryl methyl sites for hydroxylation is 1. The van der Waals surface area contributed by atoms with E-state index in [4.69, 9.17) is 16.1 Å². The van der Waals surface area contributed by atoms with Gasteiger partial charge in [0.15, 0.2) is 0 Å². The van der Waals surface area contributed by atoms with Crippen molar-refractivity contribution >= 4 is 23.2 Å². The summed E-state index contributed by atoms with van der Waals surface area (Å²) in [5.41, 5.74) is 2.87. The molecule has 25 heavy (non-hydrogen) atoms. The summed E-state index contributed by atoms with van der Waals surface area (Å²) in [7, 11) is 0. The number of benzene rings is 2. The van der Waals surface area contributed by atoms with E-state index in [1.165, 1.54) is 0 Å². The van der Waals surface area contributed by atoms with Gasteiger partial charge in [0.05, 0.1) is 5.92 Å². The molecule has 0 bridgehead atoms. The highest BCUT2D eigenvalue weighted by Gasteiger charge is 2.35. The third-order valence-electron chi connectivity index (χ3n) is 4.33. The predicted molar refractivity (Wildman–Crippen MR) is 95.6 cm³/mol. The van der Waals surface area contributed by atoms with Crippen LogP contribution in [0.5, 0.6) is 0 Å². The van der Waals surface area contributed by atoms with Crippen LogP contribution in [0.1, 0.15) is 23.8 Å². The van der Waals surface area contributed by atoms with Gasteiger partial charge in [-0.25, -0.2) is 0 Å². The molecule has 1 aliphatic heterocycles. The quantitative estimate of drug-likeness (QED) is 0.707. The molecule has 0 spiro atoms. The van der Waals surface area contributed by atoms with Crippen LogP contribution in [0.3, 0.4) is 0 Å². The van der Waals surface area contributed by atoms with Crippen LogP contribution < -0.4 is 4.90 Å². The van der Waals surface area contributed by atoms with Gasteiger partial charge >= 0.3 is 0 Å². The standard InChI is InChI=1S/C19H16ClN3O2/c1-12-3-2-4-13(9-12)18-21-19(25-22-18)14-10-17(24)23(11-14)16-7-5-15(20)6-8-16/h2-9,14H,10-11H2,1H3/t14-/m0/s1. The molecule has 0 N–H and O–H groups in total. The summed E-state index contributed by atoms with van der Waals surface area (Å²) in [5.74, 6) is 0.995. The van der Waals surface area contributed by atoms with Crippen LogP contribution in [-0.2, 0) is 4.79 Å². The van der Waals surface area contributed by atoms with E-state index < -0.39 is 0 Å². The SMILES string of the molecule is Cc1cccc(-c2noc([C@H]3CC(=O)N(c4ccc(Cl)cc4)C3)n2)c1. The Labute approximate surface area is 150 Å². The number of carbonyl (C=O) groups is 1. The molecule has 1 aliphatic rings. The van der Waals surface area contributed by atoms with Crippen LogP contribution in [0.15, 0.2) is 53.1 Å². The molecule has 2 aromatic carbocycles. The molecule has 1 saturated heterocycles. The molecule has 0 saturated carbocycles. The van der Waals surface area contributed by atoms with E-state index in [1.54, 1.807) is 17.0 Å². The fourth-order valence-corrected chi connectivity index (χ4v) is 3.17. The smallest absolute Gasteiger partial charge is 0.232 e. The highest BCUT2D eigenvalue weighted by molar-refractivity contribution is 6.30. The van der Waals surface area contributed by atoms with Crippen molar-refractivity contribution in [2.24, 2.45) is 0 Å². The molecule has 1 aromatic heterocycles. The Bertz CT molecular complexity index is 920. The topological polar surface area (TPSA) is 59.2 Å². The van der Waals surface area contributed by atoms with E-state index in [9.17, 15) is 4.79 Å². The Balaban J connectivity index is 1.55. The maximum atomic E-state index is 12.4. The molecule has 0 radical (unpaired) electrons. The molecule has 3 aromatic rings. The number of anilines is 1. The molecular formula is C19H16ClN3O2. The number of nitrogens with zero attached hydrogens (tertiary/aromatic N) is 3. The summed E-state index contributed by atoms with van der Waals surface area (Å²) in [4.78, 5) is 18.6. The third kappa shape index (κ3) is 3.15. The van der Waals surface area contributed by atoms with E-state index >= 15 is 0 Å². The van der Waals surface area contributed by atoms with Crippen LogP contribution in [0.2, 0.25) is 5.02 Å². The first-order chi connectivity index (χ1) is 12.1. The Hall–Kier alpha value is -2.66. The summed E-state index contributed by atoms with van der Waals surface area (Å²) in [5, 5.41) is 4.72. The molecular weight excluding hydrogens is 338 g/mol. The second-order valence-corrected chi connectivity index (χ2v) is 6.64. The number of hydrogen-bond acceptors (Lipinski definition) is 4. The monoisotopic (exact) mass is 353 g/mol. The molecule has 1 amide bonds. The van der Waals surface area contributed by atoms with Gasteiger partial charge in [0.1, 0.15) is 0 Å². The summed E-state index contributed by atoms with van der Waals surface area (Å²) >= 11 is 5.91. The Morgan fingerprint density at radius 2 is 2.00 bits per heavy atom. The first-order valence-electron chi connectivity index (χ1n) is 8.07. The molecule has 126 valence electrons. The average molecular weight is 354 g/mol. The van der Waals surface area contributed by atoms with Crippen molar-refractivity contribution in [2.45, 2.75) is 19.3 Å². The maximum Gasteiger partial charge on any atom is 0.232 e.